The van der Waals surface area contributed by atoms with E-state index < -0.39 is 0 Å². The van der Waals surface area contributed by atoms with E-state index in [4.69, 9.17) is 4.42 Å². The summed E-state index contributed by atoms with van der Waals surface area (Å²) < 4.78 is 8.83. The van der Waals surface area contributed by atoms with Crippen LogP contribution in [0.2, 0.25) is 0 Å². The molecule has 8 aromatic rings. The van der Waals surface area contributed by atoms with Gasteiger partial charge in [-0.15, -0.1) is 11.3 Å². The largest absolute Gasteiger partial charge is 0.455 e. The molecular weight excluding hydrogens is 532 g/mol. The number of fused-ring (bicyclic) bond motifs is 6. The van der Waals surface area contributed by atoms with Crippen LogP contribution in [0.15, 0.2) is 126 Å². The minimum Gasteiger partial charge on any atom is -0.455 e. The third-order valence-corrected chi connectivity index (χ3v) is 9.15. The number of nitrogens with zero attached hydrogens (tertiary/aromatic N) is 2. The van der Waals surface area contributed by atoms with Gasteiger partial charge in [-0.1, -0.05) is 91.0 Å². The van der Waals surface area contributed by atoms with Gasteiger partial charge >= 0.3 is 0 Å². The van der Waals surface area contributed by atoms with Crippen molar-refractivity contribution < 1.29 is 4.42 Å². The number of para-hydroxylation sites is 2. The molecule has 2 aromatic heterocycles. The van der Waals surface area contributed by atoms with Crippen molar-refractivity contribution in [3.05, 3.63) is 132 Å². The van der Waals surface area contributed by atoms with Gasteiger partial charge in [-0.2, -0.15) is 10.5 Å². The summed E-state index contributed by atoms with van der Waals surface area (Å²) in [5.74, 6) is 0. The summed E-state index contributed by atoms with van der Waals surface area (Å²) in [6.45, 7) is 0. The first-order valence-corrected chi connectivity index (χ1v) is 14.5. The Balaban J connectivity index is 1.50. The second-order valence-corrected chi connectivity index (χ2v) is 11.4. The number of thiophene rings is 1. The zero-order chi connectivity index (χ0) is 28.2. The lowest BCUT2D eigenvalue weighted by atomic mass is 9.83. The van der Waals surface area contributed by atoms with Gasteiger partial charge in [-0.25, -0.2) is 0 Å². The Labute approximate surface area is 245 Å². The Bertz CT molecular complexity index is 2430. The molecular formula is C38H20N2OS. The van der Waals surface area contributed by atoms with Gasteiger partial charge in [0, 0.05) is 53.2 Å². The minimum atomic E-state index is 0.455. The van der Waals surface area contributed by atoms with Crippen LogP contribution in [0.5, 0.6) is 0 Å². The maximum atomic E-state index is 10.8. The molecule has 8 rings (SSSR count). The first-order chi connectivity index (χ1) is 20.7. The van der Waals surface area contributed by atoms with Crippen molar-refractivity contribution in [2.45, 2.75) is 0 Å². The van der Waals surface area contributed by atoms with E-state index in [0.29, 0.717) is 22.3 Å². The number of rotatable bonds is 3. The molecule has 0 aliphatic rings. The topological polar surface area (TPSA) is 60.7 Å². The second kappa shape index (κ2) is 9.46. The molecule has 0 radical (unpaired) electrons. The summed E-state index contributed by atoms with van der Waals surface area (Å²) in [4.78, 5) is 0. The summed E-state index contributed by atoms with van der Waals surface area (Å²) in [5, 5.41) is 25.7. The molecule has 0 atom stereocenters. The van der Waals surface area contributed by atoms with Crippen molar-refractivity contribution >= 4 is 53.4 Å². The molecule has 4 heteroatoms. The average molecular weight is 553 g/mol. The third kappa shape index (κ3) is 3.57. The van der Waals surface area contributed by atoms with Gasteiger partial charge in [-0.05, 0) is 41.5 Å². The van der Waals surface area contributed by atoms with Crippen LogP contribution < -0.4 is 0 Å². The lowest BCUT2D eigenvalue weighted by molar-refractivity contribution is 0.670. The van der Waals surface area contributed by atoms with Crippen LogP contribution >= 0.6 is 11.3 Å². The Morgan fingerprint density at radius 1 is 0.500 bits per heavy atom. The maximum Gasteiger partial charge on any atom is 0.143 e. The predicted octanol–water partition coefficient (Wildman–Crippen LogP) is 10.7. The molecule has 0 aliphatic heterocycles. The smallest absolute Gasteiger partial charge is 0.143 e. The van der Waals surface area contributed by atoms with Gasteiger partial charge in [0.25, 0.3) is 0 Å². The first-order valence-electron chi connectivity index (χ1n) is 13.6. The van der Waals surface area contributed by atoms with E-state index in [1.54, 1.807) is 11.3 Å². The van der Waals surface area contributed by atoms with Gasteiger partial charge in [0.1, 0.15) is 23.3 Å². The highest BCUT2D eigenvalue weighted by molar-refractivity contribution is 7.25. The van der Waals surface area contributed by atoms with Crippen LogP contribution in [-0.2, 0) is 0 Å². The molecule has 0 saturated carbocycles. The summed E-state index contributed by atoms with van der Waals surface area (Å²) in [7, 11) is 0. The van der Waals surface area contributed by atoms with Crippen LogP contribution in [-0.4, -0.2) is 0 Å². The molecule has 0 fully saturated rings. The van der Waals surface area contributed by atoms with Gasteiger partial charge in [0.15, 0.2) is 0 Å². The van der Waals surface area contributed by atoms with E-state index in [2.05, 4.69) is 54.6 Å². The van der Waals surface area contributed by atoms with Crippen molar-refractivity contribution in [3.8, 4) is 45.5 Å². The fourth-order valence-electron chi connectivity index (χ4n) is 6.10. The Hall–Kier alpha value is -5.68. The fraction of sp³-hybridized carbons (Fsp3) is 0. The molecule has 3 nitrogen and oxygen atoms in total. The Kier molecular flexibility index (Phi) is 5.44. The molecule has 6 aromatic carbocycles. The van der Waals surface area contributed by atoms with E-state index in [1.165, 1.54) is 14.8 Å². The van der Waals surface area contributed by atoms with Crippen LogP contribution in [0.1, 0.15) is 11.1 Å². The summed E-state index contributed by atoms with van der Waals surface area (Å²) in [6, 6.07) is 45.6. The average Bonchev–Trinajstić information content (AvgIpc) is 3.62. The van der Waals surface area contributed by atoms with Gasteiger partial charge < -0.3 is 4.42 Å². The van der Waals surface area contributed by atoms with Crippen LogP contribution in [0.3, 0.4) is 0 Å². The highest BCUT2D eigenvalue weighted by Crippen LogP contribution is 2.45. The van der Waals surface area contributed by atoms with Gasteiger partial charge in [-0.3, -0.25) is 0 Å². The summed E-state index contributed by atoms with van der Waals surface area (Å²) in [6.07, 6.45) is 0. The number of hydrogen-bond donors (Lipinski definition) is 0. The van der Waals surface area contributed by atoms with E-state index >= 15 is 0 Å². The van der Waals surface area contributed by atoms with E-state index in [0.717, 1.165) is 49.6 Å². The summed E-state index contributed by atoms with van der Waals surface area (Å²) in [5.41, 5.74) is 7.10. The molecule has 0 aliphatic carbocycles. The number of hydrogen-bond acceptors (Lipinski definition) is 4. The third-order valence-electron chi connectivity index (χ3n) is 8.00. The van der Waals surface area contributed by atoms with Crippen molar-refractivity contribution in [2.75, 3.05) is 0 Å². The predicted molar refractivity (Wildman–Crippen MR) is 172 cm³/mol. The standard InChI is InChI=1S/C38H20N2OS/c39-21-32-29(23-9-2-1-3-10-23)20-30(24-17-18-36-31(19-24)26-12-5-7-16-35(26)42-36)33(22-40)37(32)28-14-8-13-27-25-11-4-6-15-34(25)41-38(27)28/h1-20H. The normalized spacial score (nSPS) is 11.3. The van der Waals surface area contributed by atoms with Gasteiger partial charge in [0.05, 0.1) is 11.1 Å². The zero-order valence-electron chi connectivity index (χ0n) is 22.3. The lowest BCUT2D eigenvalue weighted by Gasteiger charge is -2.17. The minimum absolute atomic E-state index is 0.455. The molecule has 0 spiro atoms. The van der Waals surface area contributed by atoms with E-state index in [1.807, 2.05) is 78.9 Å². The van der Waals surface area contributed by atoms with Crippen LogP contribution in [0.25, 0.3) is 75.5 Å². The number of benzene rings is 6. The van der Waals surface area contributed by atoms with Crippen molar-refractivity contribution in [1.29, 1.82) is 10.5 Å². The Morgan fingerprint density at radius 3 is 1.98 bits per heavy atom. The number of furan rings is 1. The lowest BCUT2D eigenvalue weighted by Crippen LogP contribution is -1.98. The van der Waals surface area contributed by atoms with Crippen LogP contribution in [0, 0.1) is 22.7 Å². The molecule has 0 bridgehead atoms. The van der Waals surface area contributed by atoms with Crippen molar-refractivity contribution in [1.82, 2.24) is 0 Å². The highest BCUT2D eigenvalue weighted by Gasteiger charge is 2.24. The molecule has 42 heavy (non-hydrogen) atoms. The SMILES string of the molecule is N#Cc1c(-c2ccccc2)cc(-c2ccc3sc4ccccc4c3c2)c(C#N)c1-c1cccc2c1oc1ccccc12. The van der Waals surface area contributed by atoms with Gasteiger partial charge in [0.2, 0.25) is 0 Å². The molecule has 194 valence electrons. The number of nitriles is 2. The monoisotopic (exact) mass is 552 g/mol. The van der Waals surface area contributed by atoms with Crippen molar-refractivity contribution in [3.63, 3.8) is 0 Å². The molecule has 0 unspecified atom stereocenters. The summed E-state index contributed by atoms with van der Waals surface area (Å²) >= 11 is 1.76. The molecule has 2 heterocycles. The molecule has 0 saturated heterocycles. The van der Waals surface area contributed by atoms with E-state index in [9.17, 15) is 10.5 Å². The van der Waals surface area contributed by atoms with Crippen molar-refractivity contribution in [2.24, 2.45) is 0 Å². The fourth-order valence-corrected chi connectivity index (χ4v) is 7.18. The van der Waals surface area contributed by atoms with Crippen LogP contribution in [0.4, 0.5) is 0 Å². The quantitative estimate of drug-likeness (QED) is 0.219. The zero-order valence-corrected chi connectivity index (χ0v) is 23.1. The Morgan fingerprint density at radius 2 is 1.17 bits per heavy atom. The first kappa shape index (κ1) is 24.1. The van der Waals surface area contributed by atoms with E-state index in [-0.39, 0.29) is 0 Å². The molecule has 0 amide bonds. The molecule has 0 N–H and O–H groups in total. The highest BCUT2D eigenvalue weighted by atomic mass is 32.1. The second-order valence-electron chi connectivity index (χ2n) is 10.3. The maximum absolute atomic E-state index is 10.8.